The second kappa shape index (κ2) is 6.30. The lowest BCUT2D eigenvalue weighted by Gasteiger charge is -2.34. The number of benzene rings is 1. The van der Waals surface area contributed by atoms with Crippen LogP contribution < -0.4 is 0 Å². The van der Waals surface area contributed by atoms with Crippen molar-refractivity contribution in [3.63, 3.8) is 0 Å². The topological polar surface area (TPSA) is 3.24 Å². The van der Waals surface area contributed by atoms with Gasteiger partial charge in [-0.1, -0.05) is 34.5 Å². The Kier molecular flexibility index (Phi) is 5.00. The van der Waals surface area contributed by atoms with E-state index in [-0.39, 0.29) is 5.82 Å². The normalized spacial score (nSPS) is 21.7. The van der Waals surface area contributed by atoms with Crippen LogP contribution in [0.15, 0.2) is 22.7 Å². The molecule has 1 aliphatic rings. The molecule has 0 saturated carbocycles. The van der Waals surface area contributed by atoms with Gasteiger partial charge in [-0.2, -0.15) is 0 Å². The zero-order chi connectivity index (χ0) is 12.3. The predicted octanol–water partition coefficient (Wildman–Crippen LogP) is 4.34. The minimum Gasteiger partial charge on any atom is -0.295 e. The Morgan fingerprint density at radius 3 is 2.94 bits per heavy atom. The third-order valence-corrected chi connectivity index (χ3v) is 4.97. The van der Waals surface area contributed by atoms with Gasteiger partial charge in [-0.15, -0.1) is 0 Å². The molecule has 1 nitrogen and oxygen atoms in total. The Bertz CT molecular complexity index is 384. The van der Waals surface area contributed by atoms with Crippen molar-refractivity contribution in [2.75, 3.05) is 11.9 Å². The lowest BCUT2D eigenvalue weighted by Crippen LogP contribution is -2.40. The quantitative estimate of drug-likeness (QED) is 0.721. The number of halogens is 3. The summed E-state index contributed by atoms with van der Waals surface area (Å²) >= 11 is 6.91. The lowest BCUT2D eigenvalue weighted by atomic mass is 10.0. The number of rotatable bonds is 3. The van der Waals surface area contributed by atoms with Gasteiger partial charge in [0.15, 0.2) is 0 Å². The maximum atomic E-state index is 13.4. The van der Waals surface area contributed by atoms with Crippen molar-refractivity contribution in [3.05, 3.63) is 34.1 Å². The summed E-state index contributed by atoms with van der Waals surface area (Å²) in [4.78, 5) is 2.44. The van der Waals surface area contributed by atoms with E-state index in [4.69, 9.17) is 0 Å². The fourth-order valence-corrected chi connectivity index (χ4v) is 3.46. The molecule has 1 atom stereocenters. The molecule has 0 N–H and O–H groups in total. The Morgan fingerprint density at radius 1 is 1.35 bits per heavy atom. The van der Waals surface area contributed by atoms with Gasteiger partial charge in [-0.05, 0) is 46.9 Å². The highest BCUT2D eigenvalue weighted by Crippen LogP contribution is 2.26. The largest absolute Gasteiger partial charge is 0.295 e. The van der Waals surface area contributed by atoms with Crippen molar-refractivity contribution < 1.29 is 4.39 Å². The summed E-state index contributed by atoms with van der Waals surface area (Å²) in [6.45, 7) is 1.94. The van der Waals surface area contributed by atoms with Gasteiger partial charge in [0.05, 0.1) is 4.47 Å². The number of piperidine rings is 1. The maximum absolute atomic E-state index is 13.4. The standard InChI is InChI=1S/C13H16Br2FN/c14-8-11-5-1-2-7-17(11)9-10-4-3-6-12(16)13(10)15/h3-4,6,11H,1-2,5,7-9H2. The first-order chi connectivity index (χ1) is 8.22. The predicted molar refractivity (Wildman–Crippen MR) is 75.9 cm³/mol. The van der Waals surface area contributed by atoms with Crippen molar-refractivity contribution in [3.8, 4) is 0 Å². The van der Waals surface area contributed by atoms with Crippen LogP contribution in [0.5, 0.6) is 0 Å². The highest BCUT2D eigenvalue weighted by atomic mass is 79.9. The van der Waals surface area contributed by atoms with Crippen LogP contribution in [0, 0.1) is 5.82 Å². The van der Waals surface area contributed by atoms with Crippen LogP contribution in [0.2, 0.25) is 0 Å². The molecule has 1 unspecified atom stereocenters. The molecule has 1 heterocycles. The molecule has 1 aromatic rings. The zero-order valence-corrected chi connectivity index (χ0v) is 12.8. The smallest absolute Gasteiger partial charge is 0.137 e. The third-order valence-electron chi connectivity index (χ3n) is 3.33. The summed E-state index contributed by atoms with van der Waals surface area (Å²) in [6, 6.07) is 5.85. The van der Waals surface area contributed by atoms with E-state index in [0.717, 1.165) is 24.0 Å². The van der Waals surface area contributed by atoms with Crippen molar-refractivity contribution in [2.24, 2.45) is 0 Å². The average Bonchev–Trinajstić information content (AvgIpc) is 2.35. The first-order valence-electron chi connectivity index (χ1n) is 5.95. The first kappa shape index (κ1) is 13.5. The van der Waals surface area contributed by atoms with Crippen molar-refractivity contribution in [2.45, 2.75) is 31.8 Å². The number of likely N-dealkylation sites (tertiary alicyclic amines) is 1. The molecule has 0 spiro atoms. The number of hydrogen-bond donors (Lipinski definition) is 0. The third kappa shape index (κ3) is 3.30. The van der Waals surface area contributed by atoms with E-state index >= 15 is 0 Å². The minimum absolute atomic E-state index is 0.171. The maximum Gasteiger partial charge on any atom is 0.137 e. The fraction of sp³-hybridized carbons (Fsp3) is 0.538. The van der Waals surface area contributed by atoms with Crippen LogP contribution in [0.1, 0.15) is 24.8 Å². The number of hydrogen-bond acceptors (Lipinski definition) is 1. The van der Waals surface area contributed by atoms with Crippen LogP contribution in [-0.4, -0.2) is 22.8 Å². The lowest BCUT2D eigenvalue weighted by molar-refractivity contribution is 0.156. The van der Waals surface area contributed by atoms with Gasteiger partial charge >= 0.3 is 0 Å². The molecule has 1 fully saturated rings. The van der Waals surface area contributed by atoms with E-state index in [9.17, 15) is 4.39 Å². The molecule has 1 saturated heterocycles. The van der Waals surface area contributed by atoms with Crippen molar-refractivity contribution >= 4 is 31.9 Å². The molecule has 0 aromatic heterocycles. The van der Waals surface area contributed by atoms with Gasteiger partial charge in [0.2, 0.25) is 0 Å². The van der Waals surface area contributed by atoms with Crippen LogP contribution in [0.3, 0.4) is 0 Å². The summed E-state index contributed by atoms with van der Waals surface area (Å²) in [7, 11) is 0. The minimum atomic E-state index is -0.171. The van der Waals surface area contributed by atoms with E-state index in [0.29, 0.717) is 10.5 Å². The van der Waals surface area contributed by atoms with Crippen LogP contribution >= 0.6 is 31.9 Å². The van der Waals surface area contributed by atoms with Crippen molar-refractivity contribution in [1.82, 2.24) is 4.90 Å². The Morgan fingerprint density at radius 2 is 2.18 bits per heavy atom. The van der Waals surface area contributed by atoms with E-state index < -0.39 is 0 Å². The van der Waals surface area contributed by atoms with Crippen molar-refractivity contribution in [1.29, 1.82) is 0 Å². The first-order valence-corrected chi connectivity index (χ1v) is 7.86. The summed E-state index contributed by atoms with van der Waals surface area (Å²) in [5.41, 5.74) is 1.04. The van der Waals surface area contributed by atoms with Crippen LogP contribution in [0.4, 0.5) is 4.39 Å². The molecular formula is C13H16Br2FN. The summed E-state index contributed by atoms with van der Waals surface area (Å²) in [6.07, 6.45) is 3.78. The van der Waals surface area contributed by atoms with Gasteiger partial charge in [-0.25, -0.2) is 4.39 Å². The molecule has 0 aliphatic carbocycles. The second-order valence-corrected chi connectivity index (χ2v) is 5.93. The van der Waals surface area contributed by atoms with E-state index in [1.165, 1.54) is 25.3 Å². The number of alkyl halides is 1. The van der Waals surface area contributed by atoms with Crippen LogP contribution in [-0.2, 0) is 6.54 Å². The zero-order valence-electron chi connectivity index (χ0n) is 9.63. The SMILES string of the molecule is Fc1cccc(CN2CCCCC2CBr)c1Br. The summed E-state index contributed by atoms with van der Waals surface area (Å²) < 4.78 is 14.0. The highest BCUT2D eigenvalue weighted by molar-refractivity contribution is 9.10. The van der Waals surface area contributed by atoms with Gasteiger partial charge in [0.1, 0.15) is 5.82 Å². The Balaban J connectivity index is 2.11. The van der Waals surface area contributed by atoms with E-state index in [1.807, 2.05) is 6.07 Å². The number of nitrogens with zero attached hydrogens (tertiary/aromatic N) is 1. The molecule has 17 heavy (non-hydrogen) atoms. The van der Waals surface area contributed by atoms with Gasteiger partial charge in [0, 0.05) is 17.9 Å². The monoisotopic (exact) mass is 363 g/mol. The fourth-order valence-electron chi connectivity index (χ4n) is 2.33. The van der Waals surface area contributed by atoms with Gasteiger partial charge < -0.3 is 0 Å². The van der Waals surface area contributed by atoms with Gasteiger partial charge in [0.25, 0.3) is 0 Å². The molecule has 0 bridgehead atoms. The van der Waals surface area contributed by atoms with E-state index in [2.05, 4.69) is 36.8 Å². The summed E-state index contributed by atoms with van der Waals surface area (Å²) in [5, 5.41) is 1.000. The highest BCUT2D eigenvalue weighted by Gasteiger charge is 2.22. The molecule has 0 radical (unpaired) electrons. The summed E-state index contributed by atoms with van der Waals surface area (Å²) in [5.74, 6) is -0.171. The molecule has 1 aromatic carbocycles. The molecular weight excluding hydrogens is 349 g/mol. The Hall–Kier alpha value is 0.0700. The molecule has 2 rings (SSSR count). The molecule has 0 amide bonds. The average molecular weight is 365 g/mol. The molecule has 1 aliphatic heterocycles. The van der Waals surface area contributed by atoms with Gasteiger partial charge in [-0.3, -0.25) is 4.90 Å². The Labute approximate surface area is 119 Å². The molecule has 94 valence electrons. The second-order valence-electron chi connectivity index (χ2n) is 4.49. The van der Waals surface area contributed by atoms with E-state index in [1.54, 1.807) is 6.07 Å². The van der Waals surface area contributed by atoms with Crippen LogP contribution in [0.25, 0.3) is 0 Å². The molecule has 4 heteroatoms.